The molecule has 1 aromatic heterocycles. The van der Waals surface area contributed by atoms with E-state index in [4.69, 9.17) is 10.6 Å². The number of pyridine rings is 1. The van der Waals surface area contributed by atoms with Crippen molar-refractivity contribution in [1.82, 2.24) is 4.98 Å². The zero-order valence-corrected chi connectivity index (χ0v) is 6.26. The van der Waals surface area contributed by atoms with E-state index in [9.17, 15) is 9.59 Å². The number of aromatic amines is 1. The maximum absolute atomic E-state index is 10.8. The molecule has 0 unspecified atom stereocenters. The summed E-state index contributed by atoms with van der Waals surface area (Å²) in [4.78, 5) is 25.9. The Morgan fingerprint density at radius 1 is 1.62 bits per heavy atom. The maximum Gasteiger partial charge on any atom is 0.265 e. The molecule has 0 spiro atoms. The van der Waals surface area contributed by atoms with Crippen LogP contribution in [0.2, 0.25) is 0 Å². The maximum atomic E-state index is 10.8. The largest absolute Gasteiger partial charge is 0.508 e. The number of aromatic hydroxyl groups is 1. The van der Waals surface area contributed by atoms with Crippen molar-refractivity contribution in [3.05, 3.63) is 38.6 Å². The molecule has 1 amide bonds. The molecule has 0 aliphatic rings. The quantitative estimate of drug-likeness (QED) is 0.372. The first-order chi connectivity index (χ1) is 6.13. The van der Waals surface area contributed by atoms with Gasteiger partial charge < -0.3 is 10.1 Å². The summed E-state index contributed by atoms with van der Waals surface area (Å²) in [7, 11) is 0. The third kappa shape index (κ3) is 2.08. The van der Waals surface area contributed by atoms with Gasteiger partial charge in [-0.3, -0.25) is 9.59 Å². The first-order valence-electron chi connectivity index (χ1n) is 3.16. The van der Waals surface area contributed by atoms with E-state index < -0.39 is 11.5 Å². The van der Waals surface area contributed by atoms with Crippen molar-refractivity contribution < 1.29 is 9.90 Å². The lowest BCUT2D eigenvalue weighted by Crippen LogP contribution is -2.09. The van der Waals surface area contributed by atoms with Crippen molar-refractivity contribution in [3.8, 4) is 5.75 Å². The number of azide groups is 1. The van der Waals surface area contributed by atoms with Gasteiger partial charge in [-0.15, -0.1) is 0 Å². The Balaban J connectivity index is 3.23. The molecule has 0 aliphatic heterocycles. The van der Waals surface area contributed by atoms with Gasteiger partial charge in [-0.1, -0.05) is 0 Å². The van der Waals surface area contributed by atoms with Gasteiger partial charge in [0.2, 0.25) is 0 Å². The summed E-state index contributed by atoms with van der Waals surface area (Å²) < 4.78 is 0. The number of aromatic nitrogens is 1. The van der Waals surface area contributed by atoms with Gasteiger partial charge in [-0.05, 0) is 10.6 Å². The summed E-state index contributed by atoms with van der Waals surface area (Å²) in [5.74, 6) is -1.31. The standard InChI is InChI=1S/C6H4N4O3/c7-10-9-6(13)4-1-3(11)2-5(12)8-4/h1-2H,(H2,8,11,12). The van der Waals surface area contributed by atoms with Crippen LogP contribution in [0.4, 0.5) is 0 Å². The molecule has 1 heterocycles. The van der Waals surface area contributed by atoms with Crippen molar-refractivity contribution in [1.29, 1.82) is 0 Å². The molecule has 0 radical (unpaired) electrons. The van der Waals surface area contributed by atoms with Gasteiger partial charge in [0.1, 0.15) is 5.75 Å². The number of carbonyl (C=O) groups is 1. The van der Waals surface area contributed by atoms with E-state index in [1.807, 2.05) is 0 Å². The Morgan fingerprint density at radius 2 is 2.31 bits per heavy atom. The van der Waals surface area contributed by atoms with Crippen molar-refractivity contribution in [2.24, 2.45) is 5.11 Å². The lowest BCUT2D eigenvalue weighted by atomic mass is 10.3. The minimum Gasteiger partial charge on any atom is -0.508 e. The molecule has 13 heavy (non-hydrogen) atoms. The number of nitrogens with zero attached hydrogens (tertiary/aromatic N) is 3. The Bertz CT molecular complexity index is 443. The first kappa shape index (κ1) is 8.82. The van der Waals surface area contributed by atoms with E-state index in [-0.39, 0.29) is 11.4 Å². The van der Waals surface area contributed by atoms with E-state index in [1.165, 1.54) is 0 Å². The van der Waals surface area contributed by atoms with Crippen LogP contribution in [0.25, 0.3) is 10.4 Å². The Kier molecular flexibility index (Phi) is 2.32. The number of nitrogens with one attached hydrogen (secondary N) is 1. The van der Waals surface area contributed by atoms with Crippen molar-refractivity contribution >= 4 is 5.91 Å². The SMILES string of the molecule is [N-]=[N+]=NC(=O)c1cc(O)cc(=O)[nH]1. The highest BCUT2D eigenvalue weighted by atomic mass is 16.3. The summed E-state index contributed by atoms with van der Waals surface area (Å²) in [5.41, 5.74) is 7.03. The molecule has 0 aliphatic carbocycles. The van der Waals surface area contributed by atoms with Crippen LogP contribution in [-0.4, -0.2) is 16.0 Å². The lowest BCUT2D eigenvalue weighted by molar-refractivity contribution is 0.0995. The monoisotopic (exact) mass is 180 g/mol. The molecule has 0 saturated heterocycles. The molecule has 7 nitrogen and oxygen atoms in total. The first-order valence-corrected chi connectivity index (χ1v) is 3.16. The molecule has 0 atom stereocenters. The fourth-order valence-electron chi connectivity index (χ4n) is 0.738. The smallest absolute Gasteiger partial charge is 0.265 e. The van der Waals surface area contributed by atoms with E-state index in [0.717, 1.165) is 12.1 Å². The zero-order valence-electron chi connectivity index (χ0n) is 6.26. The molecule has 1 rings (SSSR count). The molecule has 2 N–H and O–H groups in total. The highest BCUT2D eigenvalue weighted by Gasteiger charge is 2.05. The molecular weight excluding hydrogens is 176 g/mol. The van der Waals surface area contributed by atoms with Gasteiger partial charge in [0.05, 0.1) is 5.69 Å². The third-order valence-electron chi connectivity index (χ3n) is 1.20. The Labute approximate surface area is 71.3 Å². The number of carbonyl (C=O) groups excluding carboxylic acids is 1. The highest BCUT2D eigenvalue weighted by molar-refractivity contribution is 5.93. The summed E-state index contributed by atoms with van der Waals surface area (Å²) in [6.07, 6.45) is 0. The number of amides is 1. The van der Waals surface area contributed by atoms with Crippen LogP contribution in [-0.2, 0) is 0 Å². The predicted molar refractivity (Wildman–Crippen MR) is 42.2 cm³/mol. The summed E-state index contributed by atoms with van der Waals surface area (Å²) >= 11 is 0. The van der Waals surface area contributed by atoms with Gasteiger partial charge in [0.25, 0.3) is 11.5 Å². The molecule has 0 aromatic carbocycles. The van der Waals surface area contributed by atoms with E-state index in [1.54, 1.807) is 0 Å². The van der Waals surface area contributed by atoms with Gasteiger partial charge in [0.15, 0.2) is 0 Å². The molecule has 1 aromatic rings. The summed E-state index contributed by atoms with van der Waals surface area (Å²) in [5, 5.41) is 11.6. The van der Waals surface area contributed by atoms with E-state index in [0.29, 0.717) is 0 Å². The highest BCUT2D eigenvalue weighted by Crippen LogP contribution is 2.05. The number of rotatable bonds is 1. The second-order valence-corrected chi connectivity index (χ2v) is 2.11. The van der Waals surface area contributed by atoms with Gasteiger partial charge in [-0.2, -0.15) is 0 Å². The topological polar surface area (TPSA) is 119 Å². The molecular formula is C6H4N4O3. The third-order valence-corrected chi connectivity index (χ3v) is 1.20. The molecule has 0 bridgehead atoms. The number of hydrogen-bond acceptors (Lipinski definition) is 3. The summed E-state index contributed by atoms with van der Waals surface area (Å²) in [6, 6.07) is 1.89. The van der Waals surface area contributed by atoms with Crippen LogP contribution in [0.5, 0.6) is 5.75 Å². The van der Waals surface area contributed by atoms with Crippen molar-refractivity contribution in [2.45, 2.75) is 0 Å². The van der Waals surface area contributed by atoms with Crippen LogP contribution >= 0.6 is 0 Å². The Hall–Kier alpha value is -2.27. The van der Waals surface area contributed by atoms with E-state index in [2.05, 4.69) is 15.0 Å². The second-order valence-electron chi connectivity index (χ2n) is 2.11. The lowest BCUT2D eigenvalue weighted by Gasteiger charge is -1.94. The Morgan fingerprint density at radius 3 is 2.85 bits per heavy atom. The van der Waals surface area contributed by atoms with E-state index >= 15 is 0 Å². The minimum absolute atomic E-state index is 0.247. The number of H-pyrrole nitrogens is 1. The van der Waals surface area contributed by atoms with Crippen LogP contribution in [0.1, 0.15) is 10.5 Å². The fourth-order valence-corrected chi connectivity index (χ4v) is 0.738. The zero-order chi connectivity index (χ0) is 9.84. The van der Waals surface area contributed by atoms with Crippen molar-refractivity contribution in [3.63, 3.8) is 0 Å². The van der Waals surface area contributed by atoms with Crippen LogP contribution in [0.15, 0.2) is 22.0 Å². The number of hydrogen-bond donors (Lipinski definition) is 2. The molecule has 0 fully saturated rings. The molecule has 7 heteroatoms. The minimum atomic E-state index is -0.949. The van der Waals surface area contributed by atoms with Crippen LogP contribution in [0.3, 0.4) is 0 Å². The van der Waals surface area contributed by atoms with Crippen LogP contribution in [0, 0.1) is 0 Å². The molecule has 66 valence electrons. The second kappa shape index (κ2) is 3.42. The van der Waals surface area contributed by atoms with Crippen molar-refractivity contribution in [2.75, 3.05) is 0 Å². The predicted octanol–water partition coefficient (Wildman–Crippen LogP) is 0.531. The van der Waals surface area contributed by atoms with Crippen LogP contribution < -0.4 is 5.56 Å². The molecule has 0 saturated carbocycles. The normalized spacial score (nSPS) is 8.92. The van der Waals surface area contributed by atoms with Gasteiger partial charge in [-0.25, -0.2) is 0 Å². The van der Waals surface area contributed by atoms with Gasteiger partial charge in [0, 0.05) is 17.0 Å². The van der Waals surface area contributed by atoms with Gasteiger partial charge >= 0.3 is 0 Å². The summed E-state index contributed by atoms with van der Waals surface area (Å²) in [6.45, 7) is 0. The average molecular weight is 180 g/mol. The average Bonchev–Trinajstić information content (AvgIpc) is 2.03. The fraction of sp³-hybridized carbons (Fsp3) is 0.